The molecule has 1 aromatic carbocycles. The van der Waals surface area contributed by atoms with Gasteiger partial charge in [-0.1, -0.05) is 11.6 Å². The minimum absolute atomic E-state index is 0.00567. The predicted molar refractivity (Wildman–Crippen MR) is 118 cm³/mol. The second-order valence-corrected chi connectivity index (χ2v) is 9.28. The van der Waals surface area contributed by atoms with Crippen LogP contribution in [0.5, 0.6) is 0 Å². The number of fused-ring (bicyclic) bond motifs is 3. The van der Waals surface area contributed by atoms with E-state index in [0.29, 0.717) is 53.9 Å². The average molecular weight is 532 g/mol. The van der Waals surface area contributed by atoms with Crippen LogP contribution in [0.25, 0.3) is 5.69 Å². The highest BCUT2D eigenvalue weighted by Crippen LogP contribution is 2.35. The van der Waals surface area contributed by atoms with Gasteiger partial charge >= 0.3 is 12.4 Å². The van der Waals surface area contributed by atoms with Crippen molar-refractivity contribution >= 4 is 17.5 Å². The van der Waals surface area contributed by atoms with Crippen LogP contribution in [-0.4, -0.2) is 55.4 Å². The largest absolute Gasteiger partial charge is 0.433 e. The Bertz CT molecular complexity index is 1250. The third-order valence-electron chi connectivity index (χ3n) is 6.28. The van der Waals surface area contributed by atoms with Crippen molar-refractivity contribution in [1.82, 2.24) is 29.6 Å². The van der Waals surface area contributed by atoms with Crippen molar-refractivity contribution in [1.29, 1.82) is 0 Å². The van der Waals surface area contributed by atoms with Crippen molar-refractivity contribution in [3.05, 3.63) is 58.4 Å². The first-order chi connectivity index (χ1) is 17.0. The number of benzene rings is 1. The van der Waals surface area contributed by atoms with Crippen molar-refractivity contribution in [3.63, 3.8) is 0 Å². The van der Waals surface area contributed by atoms with Gasteiger partial charge in [-0.25, -0.2) is 9.97 Å². The summed E-state index contributed by atoms with van der Waals surface area (Å²) in [6.07, 6.45) is -6.79. The maximum Gasteiger partial charge on any atom is 0.433 e. The third-order valence-corrected chi connectivity index (χ3v) is 6.51. The number of piperidine rings is 1. The van der Waals surface area contributed by atoms with Gasteiger partial charge in [0.25, 0.3) is 0 Å². The van der Waals surface area contributed by atoms with Crippen molar-refractivity contribution in [2.75, 3.05) is 24.5 Å². The number of rotatable bonds is 3. The summed E-state index contributed by atoms with van der Waals surface area (Å²) in [6.45, 7) is -0.320. The molecule has 0 amide bonds. The maximum absolute atomic E-state index is 13.2. The Labute approximate surface area is 206 Å². The summed E-state index contributed by atoms with van der Waals surface area (Å²) in [6, 6.07) is 5.89. The maximum atomic E-state index is 13.2. The van der Waals surface area contributed by atoms with Crippen LogP contribution < -0.4 is 4.90 Å². The number of hydrogen-bond donors (Lipinski definition) is 0. The number of alkyl halides is 6. The van der Waals surface area contributed by atoms with Gasteiger partial charge in [-0.3, -0.25) is 9.47 Å². The molecule has 14 heteroatoms. The number of hydrogen-bond acceptors (Lipinski definition) is 6. The summed E-state index contributed by atoms with van der Waals surface area (Å²) >= 11 is 6.14. The van der Waals surface area contributed by atoms with Gasteiger partial charge in [-0.2, -0.15) is 26.3 Å². The van der Waals surface area contributed by atoms with Crippen LogP contribution in [0.15, 0.2) is 30.5 Å². The number of nitrogens with zero attached hydrogens (tertiary/aromatic N) is 7. The molecule has 2 aliphatic heterocycles. The molecule has 0 aliphatic carbocycles. The van der Waals surface area contributed by atoms with E-state index in [1.54, 1.807) is 27.7 Å². The summed E-state index contributed by atoms with van der Waals surface area (Å²) in [4.78, 5) is 10.6. The van der Waals surface area contributed by atoms with E-state index < -0.39 is 24.6 Å². The monoisotopic (exact) mass is 531 g/mol. The fraction of sp³-hybridized carbons (Fsp3) is 0.455. The summed E-state index contributed by atoms with van der Waals surface area (Å²) in [5.41, 5.74) is 0.292. The molecule has 2 aromatic heterocycles. The molecular weight excluding hydrogens is 512 g/mol. The van der Waals surface area contributed by atoms with E-state index in [9.17, 15) is 26.3 Å². The van der Waals surface area contributed by atoms with Crippen molar-refractivity contribution in [2.45, 2.75) is 44.2 Å². The minimum atomic E-state index is -4.56. The molecule has 4 heterocycles. The standard InChI is InChI=1S/C22H20ClF6N7/c23-15-1-2-16-14(9-15)10-34(12-21(24,25)26)11-18-32-33-19(36(16)18)13-4-7-35(8-5-13)20-30-6-3-17(31-20)22(27,28)29/h1-3,6,9,13H,4-5,7-8,10-12H2. The topological polar surface area (TPSA) is 63.0 Å². The molecule has 0 saturated carbocycles. The Morgan fingerprint density at radius 1 is 0.972 bits per heavy atom. The van der Waals surface area contributed by atoms with Gasteiger partial charge in [0.15, 0.2) is 5.82 Å². The molecule has 0 unspecified atom stereocenters. The quantitative estimate of drug-likeness (QED) is 0.444. The number of halogens is 7. The molecule has 2 aliphatic rings. The van der Waals surface area contributed by atoms with E-state index in [-0.39, 0.29) is 25.0 Å². The normalized spacial score (nSPS) is 17.6. The molecular formula is C22H20ClF6N7. The van der Waals surface area contributed by atoms with Crippen LogP contribution in [0.1, 0.15) is 41.7 Å². The minimum Gasteiger partial charge on any atom is -0.341 e. The molecule has 0 bridgehead atoms. The lowest BCUT2D eigenvalue weighted by molar-refractivity contribution is -0.148. The van der Waals surface area contributed by atoms with Gasteiger partial charge in [-0.15, -0.1) is 10.2 Å². The first-order valence-corrected chi connectivity index (χ1v) is 11.5. The Morgan fingerprint density at radius 2 is 1.72 bits per heavy atom. The highest BCUT2D eigenvalue weighted by atomic mass is 35.5. The highest BCUT2D eigenvalue weighted by molar-refractivity contribution is 6.30. The molecule has 1 saturated heterocycles. The van der Waals surface area contributed by atoms with Crippen LogP contribution in [0.4, 0.5) is 32.3 Å². The van der Waals surface area contributed by atoms with E-state index in [4.69, 9.17) is 11.6 Å². The average Bonchev–Trinajstić information content (AvgIpc) is 3.14. The van der Waals surface area contributed by atoms with Crippen molar-refractivity contribution in [2.24, 2.45) is 0 Å². The van der Waals surface area contributed by atoms with Gasteiger partial charge in [0.1, 0.15) is 11.5 Å². The molecule has 5 rings (SSSR count). The van der Waals surface area contributed by atoms with Gasteiger partial charge in [-0.05, 0) is 42.7 Å². The van der Waals surface area contributed by atoms with Gasteiger partial charge in [0.2, 0.25) is 5.95 Å². The van der Waals surface area contributed by atoms with Crippen LogP contribution in [0.2, 0.25) is 5.02 Å². The molecule has 7 nitrogen and oxygen atoms in total. The second kappa shape index (κ2) is 9.18. The fourth-order valence-electron chi connectivity index (χ4n) is 4.72. The molecule has 0 N–H and O–H groups in total. The Kier molecular flexibility index (Phi) is 6.31. The number of anilines is 1. The van der Waals surface area contributed by atoms with E-state index in [1.165, 1.54) is 4.90 Å². The van der Waals surface area contributed by atoms with E-state index >= 15 is 0 Å². The van der Waals surface area contributed by atoms with Crippen LogP contribution in [0.3, 0.4) is 0 Å². The molecule has 36 heavy (non-hydrogen) atoms. The summed E-state index contributed by atoms with van der Waals surface area (Å²) in [5.74, 6) is 0.892. The summed E-state index contributed by atoms with van der Waals surface area (Å²) in [7, 11) is 0. The Morgan fingerprint density at radius 3 is 2.42 bits per heavy atom. The summed E-state index contributed by atoms with van der Waals surface area (Å²) in [5, 5.41) is 8.96. The van der Waals surface area contributed by atoms with Crippen LogP contribution >= 0.6 is 11.6 Å². The molecule has 0 radical (unpaired) electrons. The second-order valence-electron chi connectivity index (χ2n) is 8.84. The Balaban J connectivity index is 1.41. The Hall–Kier alpha value is -2.93. The van der Waals surface area contributed by atoms with Crippen molar-refractivity contribution < 1.29 is 26.3 Å². The molecule has 0 spiro atoms. The summed E-state index contributed by atoms with van der Waals surface area (Å²) < 4.78 is 80.5. The predicted octanol–water partition coefficient (Wildman–Crippen LogP) is 4.99. The van der Waals surface area contributed by atoms with Gasteiger partial charge in [0.05, 0.1) is 18.8 Å². The highest BCUT2D eigenvalue weighted by Gasteiger charge is 2.36. The van der Waals surface area contributed by atoms with Crippen LogP contribution in [0, 0.1) is 0 Å². The third kappa shape index (κ3) is 5.12. The van der Waals surface area contributed by atoms with E-state index in [2.05, 4.69) is 20.2 Å². The zero-order chi connectivity index (χ0) is 25.7. The molecule has 3 aromatic rings. The first kappa shape index (κ1) is 24.8. The van der Waals surface area contributed by atoms with E-state index in [1.807, 2.05) is 0 Å². The lowest BCUT2D eigenvalue weighted by atomic mass is 9.95. The molecule has 1 fully saturated rings. The molecule has 0 atom stereocenters. The van der Waals surface area contributed by atoms with E-state index in [0.717, 1.165) is 12.3 Å². The smallest absolute Gasteiger partial charge is 0.341 e. The lowest BCUT2D eigenvalue weighted by Crippen LogP contribution is -2.35. The van der Waals surface area contributed by atoms with Crippen molar-refractivity contribution in [3.8, 4) is 5.69 Å². The SMILES string of the molecule is FC(F)(F)CN1Cc2cc(Cl)ccc2-n2c(nnc2C2CCN(c3nccc(C(F)(F)F)n3)CC2)C1. The van der Waals surface area contributed by atoms with Gasteiger partial charge in [0, 0.05) is 36.8 Å². The zero-order valence-corrected chi connectivity index (χ0v) is 19.4. The number of aromatic nitrogens is 5. The lowest BCUT2D eigenvalue weighted by Gasteiger charge is -2.32. The first-order valence-electron chi connectivity index (χ1n) is 11.2. The molecule has 192 valence electrons. The van der Waals surface area contributed by atoms with Crippen LogP contribution in [-0.2, 0) is 19.3 Å². The van der Waals surface area contributed by atoms with Gasteiger partial charge < -0.3 is 4.90 Å². The zero-order valence-electron chi connectivity index (χ0n) is 18.7. The fourth-order valence-corrected chi connectivity index (χ4v) is 4.91.